The van der Waals surface area contributed by atoms with E-state index < -0.39 is 5.54 Å². The first-order chi connectivity index (χ1) is 12.5. The third-order valence-corrected chi connectivity index (χ3v) is 5.85. The molecule has 1 aliphatic carbocycles. The van der Waals surface area contributed by atoms with Crippen molar-refractivity contribution < 1.29 is 9.59 Å². The van der Waals surface area contributed by atoms with Crippen molar-refractivity contribution in [2.75, 3.05) is 11.4 Å². The van der Waals surface area contributed by atoms with Gasteiger partial charge in [-0.1, -0.05) is 24.4 Å². The van der Waals surface area contributed by atoms with Crippen LogP contribution in [0.1, 0.15) is 49.7 Å². The van der Waals surface area contributed by atoms with Gasteiger partial charge in [-0.25, -0.2) is 9.69 Å². The fourth-order valence-electron chi connectivity index (χ4n) is 4.00. The topological polar surface area (TPSA) is 88.2 Å². The van der Waals surface area contributed by atoms with Crippen LogP contribution in [0.5, 0.6) is 0 Å². The number of hydrogen-bond acceptors (Lipinski definition) is 4. The molecule has 7 heteroatoms. The van der Waals surface area contributed by atoms with Crippen LogP contribution in [0.4, 0.5) is 10.5 Å². The van der Waals surface area contributed by atoms with E-state index in [9.17, 15) is 9.59 Å². The van der Waals surface area contributed by atoms with Gasteiger partial charge in [-0.15, -0.1) is 0 Å². The summed E-state index contributed by atoms with van der Waals surface area (Å²) in [6.07, 6.45) is 3.96. The van der Waals surface area contributed by atoms with Crippen molar-refractivity contribution in [3.8, 4) is 12.1 Å². The Bertz CT molecular complexity index is 846. The molecule has 26 heavy (non-hydrogen) atoms. The van der Waals surface area contributed by atoms with Gasteiger partial charge in [0.2, 0.25) is 0 Å². The van der Waals surface area contributed by atoms with Crippen LogP contribution in [-0.2, 0) is 4.79 Å². The van der Waals surface area contributed by atoms with Gasteiger partial charge in [-0.05, 0) is 43.9 Å². The lowest BCUT2D eigenvalue weighted by Crippen LogP contribution is -2.47. The molecule has 2 aliphatic rings. The molecule has 1 aliphatic heterocycles. The number of hydrogen-bond donors (Lipinski definition) is 0. The van der Waals surface area contributed by atoms with E-state index in [4.69, 9.17) is 22.1 Å². The maximum absolute atomic E-state index is 13.3. The summed E-state index contributed by atoms with van der Waals surface area (Å²) >= 11 is 6.24. The van der Waals surface area contributed by atoms with Crippen LogP contribution in [0, 0.1) is 29.6 Å². The van der Waals surface area contributed by atoms with Gasteiger partial charge in [0.25, 0.3) is 5.91 Å². The average Bonchev–Trinajstić information content (AvgIpc) is 3.19. The normalized spacial score (nSPS) is 18.5. The van der Waals surface area contributed by atoms with Gasteiger partial charge >= 0.3 is 6.03 Å². The van der Waals surface area contributed by atoms with Crippen molar-refractivity contribution in [3.05, 3.63) is 28.3 Å². The quantitative estimate of drug-likeness (QED) is 0.593. The standard InChI is InChI=1S/C19H19ClN4O2/c1-13-15(7-6-14(12-22)16(13)20)24-17(25)19(8-2-3-9-19)23(18(24)26)11-5-4-10-21/h6-7H,2-5,8-9,11H2,1H3. The molecule has 3 amide bonds. The number of halogens is 1. The highest BCUT2D eigenvalue weighted by Crippen LogP contribution is 2.44. The fraction of sp³-hybridized carbons (Fsp3) is 0.474. The second-order valence-electron chi connectivity index (χ2n) is 6.76. The van der Waals surface area contributed by atoms with Crippen molar-refractivity contribution in [1.29, 1.82) is 10.5 Å². The zero-order valence-electron chi connectivity index (χ0n) is 14.6. The highest BCUT2D eigenvalue weighted by atomic mass is 35.5. The van der Waals surface area contributed by atoms with Crippen LogP contribution in [0.3, 0.4) is 0 Å². The van der Waals surface area contributed by atoms with Crippen molar-refractivity contribution in [3.63, 3.8) is 0 Å². The molecule has 0 bridgehead atoms. The van der Waals surface area contributed by atoms with Crippen molar-refractivity contribution >= 4 is 29.2 Å². The summed E-state index contributed by atoms with van der Waals surface area (Å²) in [4.78, 5) is 29.3. The molecule has 0 aromatic heterocycles. The predicted octanol–water partition coefficient (Wildman–Crippen LogP) is 3.91. The van der Waals surface area contributed by atoms with Gasteiger partial charge in [0.1, 0.15) is 11.6 Å². The van der Waals surface area contributed by atoms with Crippen LogP contribution >= 0.6 is 11.6 Å². The number of rotatable bonds is 4. The summed E-state index contributed by atoms with van der Waals surface area (Å²) in [6, 6.07) is 6.87. The Labute approximate surface area is 157 Å². The number of imide groups is 1. The number of carbonyl (C=O) groups excluding carboxylic acids is 2. The molecule has 0 unspecified atom stereocenters. The van der Waals surface area contributed by atoms with Crippen molar-refractivity contribution in [2.24, 2.45) is 0 Å². The second kappa shape index (κ2) is 6.97. The highest BCUT2D eigenvalue weighted by Gasteiger charge is 2.58. The van der Waals surface area contributed by atoms with Crippen LogP contribution in [0.2, 0.25) is 5.02 Å². The molecule has 1 aromatic rings. The smallest absolute Gasteiger partial charge is 0.309 e. The molecule has 6 nitrogen and oxygen atoms in total. The molecule has 1 aromatic carbocycles. The predicted molar refractivity (Wildman–Crippen MR) is 96.5 cm³/mol. The third kappa shape index (κ3) is 2.62. The Morgan fingerprint density at radius 1 is 1.23 bits per heavy atom. The number of carbonyl (C=O) groups is 2. The zero-order chi connectivity index (χ0) is 18.9. The van der Waals surface area contributed by atoms with Gasteiger partial charge in [-0.2, -0.15) is 10.5 Å². The number of nitrogens with zero attached hydrogens (tertiary/aromatic N) is 4. The van der Waals surface area contributed by atoms with E-state index in [0.717, 1.165) is 12.8 Å². The maximum Gasteiger partial charge on any atom is 0.332 e. The Kier molecular flexibility index (Phi) is 4.89. The minimum Gasteiger partial charge on any atom is -0.309 e. The van der Waals surface area contributed by atoms with Crippen LogP contribution in [0.25, 0.3) is 0 Å². The number of nitriles is 2. The summed E-state index contributed by atoms with van der Waals surface area (Å²) < 4.78 is 0. The van der Waals surface area contributed by atoms with Crippen LogP contribution in [0.15, 0.2) is 12.1 Å². The SMILES string of the molecule is Cc1c(N2C(=O)N(CCCC#N)C3(CCCC3)C2=O)ccc(C#N)c1Cl. The van der Waals surface area contributed by atoms with E-state index in [1.54, 1.807) is 17.9 Å². The Hall–Kier alpha value is -2.57. The minimum atomic E-state index is -0.806. The van der Waals surface area contributed by atoms with Gasteiger partial charge in [0.05, 0.1) is 22.3 Å². The average molecular weight is 371 g/mol. The van der Waals surface area contributed by atoms with Crippen molar-refractivity contribution in [2.45, 2.75) is 51.0 Å². The van der Waals surface area contributed by atoms with Gasteiger partial charge in [-0.3, -0.25) is 4.79 Å². The number of anilines is 1. The highest BCUT2D eigenvalue weighted by molar-refractivity contribution is 6.33. The molecule has 0 atom stereocenters. The largest absolute Gasteiger partial charge is 0.332 e. The maximum atomic E-state index is 13.3. The van der Waals surface area contributed by atoms with E-state index in [1.807, 2.05) is 6.07 Å². The first-order valence-electron chi connectivity index (χ1n) is 8.70. The lowest BCUT2D eigenvalue weighted by molar-refractivity contribution is -0.124. The molecule has 0 radical (unpaired) electrons. The summed E-state index contributed by atoms with van der Waals surface area (Å²) in [7, 11) is 0. The summed E-state index contributed by atoms with van der Waals surface area (Å²) in [5, 5.41) is 18.2. The molecule has 0 N–H and O–H groups in total. The van der Waals surface area contributed by atoms with Gasteiger partial charge < -0.3 is 4.90 Å². The summed E-state index contributed by atoms with van der Waals surface area (Å²) in [5.41, 5.74) is 0.477. The van der Waals surface area contributed by atoms with Crippen molar-refractivity contribution in [1.82, 2.24) is 4.90 Å². The van der Waals surface area contributed by atoms with Crippen LogP contribution < -0.4 is 4.90 Å². The molecule has 1 saturated carbocycles. The third-order valence-electron chi connectivity index (χ3n) is 5.36. The molecule has 134 valence electrons. The van der Waals surface area contributed by atoms with Gasteiger partial charge in [0, 0.05) is 13.0 Å². The van der Waals surface area contributed by atoms with E-state index in [0.29, 0.717) is 49.0 Å². The number of benzene rings is 1. The van der Waals surface area contributed by atoms with E-state index in [2.05, 4.69) is 6.07 Å². The number of unbranched alkanes of at least 4 members (excludes halogenated alkanes) is 1. The lowest BCUT2D eigenvalue weighted by atomic mass is 9.95. The first kappa shape index (κ1) is 18.2. The molecule has 1 heterocycles. The van der Waals surface area contributed by atoms with E-state index in [-0.39, 0.29) is 17.0 Å². The van der Waals surface area contributed by atoms with Gasteiger partial charge in [0.15, 0.2) is 0 Å². The summed E-state index contributed by atoms with van der Waals surface area (Å²) in [6.45, 7) is 2.09. The first-order valence-corrected chi connectivity index (χ1v) is 9.08. The fourth-order valence-corrected chi connectivity index (χ4v) is 4.20. The molecular formula is C19H19ClN4O2. The van der Waals surface area contributed by atoms with Crippen LogP contribution in [-0.4, -0.2) is 28.9 Å². The minimum absolute atomic E-state index is 0.221. The zero-order valence-corrected chi connectivity index (χ0v) is 15.3. The Morgan fingerprint density at radius 2 is 1.92 bits per heavy atom. The molecule has 3 rings (SSSR count). The number of urea groups is 1. The lowest BCUT2D eigenvalue weighted by Gasteiger charge is -2.31. The molecule has 1 saturated heterocycles. The molecule has 1 spiro atoms. The van der Waals surface area contributed by atoms with E-state index >= 15 is 0 Å². The Morgan fingerprint density at radius 3 is 2.54 bits per heavy atom. The Balaban J connectivity index is 2.03. The monoisotopic (exact) mass is 370 g/mol. The number of amides is 3. The second-order valence-corrected chi connectivity index (χ2v) is 7.14. The van der Waals surface area contributed by atoms with E-state index in [1.165, 1.54) is 11.0 Å². The molecule has 2 fully saturated rings. The summed E-state index contributed by atoms with van der Waals surface area (Å²) in [5.74, 6) is -0.221. The molecular weight excluding hydrogens is 352 g/mol.